The lowest BCUT2D eigenvalue weighted by Crippen LogP contribution is -2.42. The van der Waals surface area contributed by atoms with Gasteiger partial charge in [-0.2, -0.15) is 0 Å². The van der Waals surface area contributed by atoms with Crippen molar-refractivity contribution in [2.75, 3.05) is 7.11 Å². The summed E-state index contributed by atoms with van der Waals surface area (Å²) in [5, 5.41) is 11.1. The van der Waals surface area contributed by atoms with Crippen LogP contribution >= 0.6 is 0 Å². The smallest absolute Gasteiger partial charge is 0.407 e. The average molecular weight is 224 g/mol. The van der Waals surface area contributed by atoms with E-state index in [9.17, 15) is 9.59 Å². The van der Waals surface area contributed by atoms with Gasteiger partial charge in [0.05, 0.1) is 7.11 Å². The second-order valence-corrected chi connectivity index (χ2v) is 3.09. The zero-order chi connectivity index (χ0) is 12.0. The SMILES string of the molecule is COC(=O)NC(Cc1cccnc1)C(=O)O. The quantitative estimate of drug-likeness (QED) is 0.774. The molecule has 16 heavy (non-hydrogen) atoms. The minimum atomic E-state index is -1.12. The van der Waals surface area contributed by atoms with Crippen LogP contribution in [0.2, 0.25) is 0 Å². The summed E-state index contributed by atoms with van der Waals surface area (Å²) in [7, 11) is 1.18. The molecular formula is C10H12N2O4. The molecule has 0 saturated carbocycles. The van der Waals surface area contributed by atoms with Crippen LogP contribution in [0.15, 0.2) is 24.5 Å². The van der Waals surface area contributed by atoms with E-state index in [1.807, 2.05) is 0 Å². The van der Waals surface area contributed by atoms with Crippen LogP contribution in [0.25, 0.3) is 0 Å². The van der Waals surface area contributed by atoms with Gasteiger partial charge in [-0.15, -0.1) is 0 Å². The van der Waals surface area contributed by atoms with Crippen molar-refractivity contribution in [1.29, 1.82) is 0 Å². The van der Waals surface area contributed by atoms with Crippen molar-refractivity contribution in [1.82, 2.24) is 10.3 Å². The van der Waals surface area contributed by atoms with Crippen LogP contribution in [0, 0.1) is 0 Å². The van der Waals surface area contributed by atoms with Gasteiger partial charge in [-0.05, 0) is 11.6 Å². The van der Waals surface area contributed by atoms with Gasteiger partial charge in [-0.3, -0.25) is 4.98 Å². The third-order valence-electron chi connectivity index (χ3n) is 1.94. The first-order valence-electron chi connectivity index (χ1n) is 4.59. The zero-order valence-corrected chi connectivity index (χ0v) is 8.71. The fraction of sp³-hybridized carbons (Fsp3) is 0.300. The molecule has 1 aromatic heterocycles. The van der Waals surface area contributed by atoms with Crippen LogP contribution in [-0.4, -0.2) is 35.3 Å². The molecule has 0 aliphatic carbocycles. The van der Waals surface area contributed by atoms with Gasteiger partial charge in [-0.1, -0.05) is 6.07 Å². The number of pyridine rings is 1. The van der Waals surface area contributed by atoms with Gasteiger partial charge in [-0.25, -0.2) is 9.59 Å². The number of nitrogens with zero attached hydrogens (tertiary/aromatic N) is 1. The van der Waals surface area contributed by atoms with Gasteiger partial charge in [0.1, 0.15) is 6.04 Å². The molecule has 0 spiro atoms. The summed E-state index contributed by atoms with van der Waals surface area (Å²) in [6.45, 7) is 0. The van der Waals surface area contributed by atoms with Crippen LogP contribution < -0.4 is 5.32 Å². The van der Waals surface area contributed by atoms with E-state index in [-0.39, 0.29) is 6.42 Å². The van der Waals surface area contributed by atoms with E-state index in [2.05, 4.69) is 15.0 Å². The first-order chi connectivity index (χ1) is 7.63. The number of hydrogen-bond acceptors (Lipinski definition) is 4. The van der Waals surface area contributed by atoms with E-state index in [1.165, 1.54) is 7.11 Å². The molecule has 0 aliphatic rings. The van der Waals surface area contributed by atoms with Crippen molar-refractivity contribution in [3.05, 3.63) is 30.1 Å². The predicted molar refractivity (Wildman–Crippen MR) is 54.9 cm³/mol. The Labute approximate surface area is 92.3 Å². The van der Waals surface area contributed by atoms with Crippen molar-refractivity contribution in [3.8, 4) is 0 Å². The number of carboxylic acid groups (broad SMARTS) is 1. The van der Waals surface area contributed by atoms with Crippen molar-refractivity contribution in [2.45, 2.75) is 12.5 Å². The molecule has 1 amide bonds. The first-order valence-corrected chi connectivity index (χ1v) is 4.59. The van der Waals surface area contributed by atoms with E-state index in [0.717, 1.165) is 5.56 Å². The van der Waals surface area contributed by atoms with Crippen LogP contribution in [0.4, 0.5) is 4.79 Å². The number of nitrogens with one attached hydrogen (secondary N) is 1. The maximum atomic E-state index is 10.9. The van der Waals surface area contributed by atoms with Gasteiger partial charge in [0.25, 0.3) is 0 Å². The largest absolute Gasteiger partial charge is 0.480 e. The van der Waals surface area contributed by atoms with Crippen LogP contribution in [0.3, 0.4) is 0 Å². The highest BCUT2D eigenvalue weighted by Crippen LogP contribution is 2.01. The fourth-order valence-corrected chi connectivity index (χ4v) is 1.16. The van der Waals surface area contributed by atoms with Gasteiger partial charge >= 0.3 is 12.1 Å². The summed E-state index contributed by atoms with van der Waals surface area (Å²) < 4.78 is 4.34. The van der Waals surface area contributed by atoms with E-state index in [1.54, 1.807) is 24.5 Å². The lowest BCUT2D eigenvalue weighted by Gasteiger charge is -2.13. The van der Waals surface area contributed by atoms with Crippen molar-refractivity contribution >= 4 is 12.1 Å². The second kappa shape index (κ2) is 5.69. The molecule has 2 N–H and O–H groups in total. The number of aromatic nitrogens is 1. The van der Waals surface area contributed by atoms with Crippen LogP contribution in [0.5, 0.6) is 0 Å². The summed E-state index contributed by atoms with van der Waals surface area (Å²) in [5.74, 6) is -1.12. The molecule has 6 nitrogen and oxygen atoms in total. The maximum Gasteiger partial charge on any atom is 0.407 e. The lowest BCUT2D eigenvalue weighted by atomic mass is 10.1. The van der Waals surface area contributed by atoms with Crippen molar-refractivity contribution in [3.63, 3.8) is 0 Å². The summed E-state index contributed by atoms with van der Waals surface area (Å²) >= 11 is 0. The Bertz CT molecular complexity index is 366. The Morgan fingerprint density at radius 3 is 2.88 bits per heavy atom. The average Bonchev–Trinajstić information content (AvgIpc) is 2.29. The number of aliphatic carboxylic acids is 1. The van der Waals surface area contributed by atoms with Gasteiger partial charge in [0.15, 0.2) is 0 Å². The topological polar surface area (TPSA) is 88.5 Å². The molecule has 1 rings (SSSR count). The standard InChI is InChI=1S/C10H12N2O4/c1-16-10(15)12-8(9(13)14)5-7-3-2-4-11-6-7/h2-4,6,8H,5H2,1H3,(H,12,15)(H,13,14). The molecule has 86 valence electrons. The minimum absolute atomic E-state index is 0.165. The molecule has 0 radical (unpaired) electrons. The van der Waals surface area contributed by atoms with E-state index < -0.39 is 18.1 Å². The number of alkyl carbamates (subject to hydrolysis) is 1. The molecule has 1 aromatic rings. The highest BCUT2D eigenvalue weighted by molar-refractivity contribution is 5.80. The van der Waals surface area contributed by atoms with Crippen LogP contribution in [0.1, 0.15) is 5.56 Å². The summed E-state index contributed by atoms with van der Waals surface area (Å²) in [6, 6.07) is 2.42. The van der Waals surface area contributed by atoms with Crippen molar-refractivity contribution in [2.24, 2.45) is 0 Å². The van der Waals surface area contributed by atoms with Crippen molar-refractivity contribution < 1.29 is 19.4 Å². The Kier molecular flexibility index (Phi) is 4.26. The van der Waals surface area contributed by atoms with Gasteiger partial charge in [0, 0.05) is 18.8 Å². The fourth-order valence-electron chi connectivity index (χ4n) is 1.16. The molecule has 0 bridgehead atoms. The van der Waals surface area contributed by atoms with E-state index in [4.69, 9.17) is 5.11 Å². The van der Waals surface area contributed by atoms with Crippen LogP contribution in [-0.2, 0) is 16.0 Å². The monoisotopic (exact) mass is 224 g/mol. The van der Waals surface area contributed by atoms with E-state index >= 15 is 0 Å². The number of carboxylic acids is 1. The Morgan fingerprint density at radius 2 is 2.38 bits per heavy atom. The third-order valence-corrected chi connectivity index (χ3v) is 1.94. The Balaban J connectivity index is 2.65. The number of carbonyl (C=O) groups excluding carboxylic acids is 1. The number of carbonyl (C=O) groups is 2. The first kappa shape index (κ1) is 12.0. The van der Waals surface area contributed by atoms with Gasteiger partial charge in [0.2, 0.25) is 0 Å². The molecule has 0 aromatic carbocycles. The highest BCUT2D eigenvalue weighted by Gasteiger charge is 2.20. The Morgan fingerprint density at radius 1 is 1.62 bits per heavy atom. The lowest BCUT2D eigenvalue weighted by molar-refractivity contribution is -0.139. The number of amides is 1. The molecule has 0 aliphatic heterocycles. The second-order valence-electron chi connectivity index (χ2n) is 3.09. The number of methoxy groups -OCH3 is 1. The van der Waals surface area contributed by atoms with Gasteiger partial charge < -0.3 is 15.2 Å². The summed E-state index contributed by atoms with van der Waals surface area (Å²) in [5.41, 5.74) is 0.728. The predicted octanol–water partition coefficient (Wildman–Crippen LogP) is 0.433. The normalized spacial score (nSPS) is 11.6. The summed E-state index contributed by atoms with van der Waals surface area (Å²) in [6.07, 6.45) is 2.54. The highest BCUT2D eigenvalue weighted by atomic mass is 16.5. The molecule has 1 heterocycles. The maximum absolute atomic E-state index is 10.9. The number of hydrogen-bond donors (Lipinski definition) is 2. The molecule has 1 atom stereocenters. The number of ether oxygens (including phenoxy) is 1. The number of rotatable bonds is 4. The minimum Gasteiger partial charge on any atom is -0.480 e. The molecule has 6 heteroatoms. The molecule has 1 unspecified atom stereocenters. The molecule has 0 fully saturated rings. The van der Waals surface area contributed by atoms with E-state index in [0.29, 0.717) is 0 Å². The Hall–Kier alpha value is -2.11. The molecule has 0 saturated heterocycles. The summed E-state index contributed by atoms with van der Waals surface area (Å²) in [4.78, 5) is 25.6. The molecular weight excluding hydrogens is 212 g/mol. The zero-order valence-electron chi connectivity index (χ0n) is 8.71. The third kappa shape index (κ3) is 3.56.